The Kier molecular flexibility index (Phi) is 34.3. The van der Waals surface area contributed by atoms with Gasteiger partial charge < -0.3 is 29.5 Å². The Morgan fingerprint density at radius 2 is 1.19 bits per heavy atom. The van der Waals surface area contributed by atoms with Gasteiger partial charge in [-0.3, -0.25) is 18.9 Å². The van der Waals surface area contributed by atoms with Crippen molar-refractivity contribution < 1.29 is 52.9 Å². The molecule has 4 N–H and O–H groups in total. The smallest absolute Gasteiger partial charge is 0.462 e. The summed E-state index contributed by atoms with van der Waals surface area (Å²) in [6.45, 7) is 3.40. The van der Waals surface area contributed by atoms with E-state index in [9.17, 15) is 29.2 Å². The molecular weight excluding hydrogens is 771 g/mol. The molecule has 11 nitrogen and oxygen atoms in total. The highest BCUT2D eigenvalue weighted by atomic mass is 31.2. The molecule has 0 unspecified atom stereocenters. The first-order valence-corrected chi connectivity index (χ1v) is 25.3. The van der Waals surface area contributed by atoms with Gasteiger partial charge in [-0.05, 0) is 51.4 Å². The molecule has 0 saturated heterocycles. The number of carbonyl (C=O) groups is 3. The highest BCUT2D eigenvalue weighted by Crippen LogP contribution is 2.36. The zero-order chi connectivity index (χ0) is 43.4. The third kappa shape index (κ3) is 32.5. The maximum atomic E-state index is 12.5. The Morgan fingerprint density at radius 3 is 1.75 bits per heavy atom. The number of hydrogen-bond donors (Lipinski definition) is 4. The first-order valence-electron chi connectivity index (χ1n) is 23.7. The molecule has 1 rings (SSSR count). The molecule has 344 valence electrons. The van der Waals surface area contributed by atoms with Crippen LogP contribution in [0.15, 0.2) is 24.3 Å². The minimum absolute atomic E-state index is 0.0451. The first-order chi connectivity index (χ1) is 28.5. The SMILES string of the molecule is CCCCCCCC/C=C\CCCCCCCCCCCCCC(=O)O[C@H](COC(=O)CCCCCC[C@H]1C(=O)C[C@@H](O)[C@@H]1/C=C/[C@@H](O)CCCCC)COP(=O)(O)O. The lowest BCUT2D eigenvalue weighted by molar-refractivity contribution is -0.161. The van der Waals surface area contributed by atoms with Crippen LogP contribution in [0.25, 0.3) is 0 Å². The number of carbonyl (C=O) groups excluding carboxylic acids is 3. The summed E-state index contributed by atoms with van der Waals surface area (Å²) in [4.78, 5) is 55.8. The number of ketones is 1. The summed E-state index contributed by atoms with van der Waals surface area (Å²) in [6.07, 6.45) is 36.6. The minimum atomic E-state index is -4.82. The summed E-state index contributed by atoms with van der Waals surface area (Å²) in [5, 5.41) is 20.7. The summed E-state index contributed by atoms with van der Waals surface area (Å²) >= 11 is 0. The van der Waals surface area contributed by atoms with E-state index in [2.05, 4.69) is 30.5 Å². The maximum absolute atomic E-state index is 12.5. The number of ether oxygens (including phenoxy) is 2. The second-order valence-corrected chi connectivity index (χ2v) is 18.1. The molecule has 0 aromatic rings. The number of unbranched alkanes of at least 4 members (excludes halogenated alkanes) is 22. The molecule has 59 heavy (non-hydrogen) atoms. The topological polar surface area (TPSA) is 177 Å². The van der Waals surface area contributed by atoms with Crippen LogP contribution in [0.2, 0.25) is 0 Å². The summed E-state index contributed by atoms with van der Waals surface area (Å²) in [5.74, 6) is -1.56. The van der Waals surface area contributed by atoms with E-state index in [0.29, 0.717) is 25.7 Å². The fourth-order valence-corrected chi connectivity index (χ4v) is 8.10. The molecule has 0 aromatic carbocycles. The quantitative estimate of drug-likeness (QED) is 0.0200. The number of phosphoric acid groups is 1. The van der Waals surface area contributed by atoms with E-state index in [1.807, 2.05) is 6.08 Å². The van der Waals surface area contributed by atoms with Gasteiger partial charge in [0.1, 0.15) is 12.4 Å². The largest absolute Gasteiger partial charge is 0.469 e. The van der Waals surface area contributed by atoms with Crippen LogP contribution >= 0.6 is 7.82 Å². The van der Waals surface area contributed by atoms with E-state index < -0.39 is 44.7 Å². The Hall–Kier alpha value is -1.88. The molecule has 0 aliphatic heterocycles. The van der Waals surface area contributed by atoms with Crippen molar-refractivity contribution in [3.05, 3.63) is 24.3 Å². The number of aliphatic hydroxyl groups is 2. The highest BCUT2D eigenvalue weighted by Gasteiger charge is 2.39. The molecular formula is C47H85O11P. The van der Waals surface area contributed by atoms with Crippen LogP contribution in [-0.4, -0.2) is 69.2 Å². The number of aliphatic hydroxyl groups excluding tert-OH is 2. The van der Waals surface area contributed by atoms with Gasteiger partial charge >= 0.3 is 19.8 Å². The second kappa shape index (κ2) is 36.7. The molecule has 5 atom stereocenters. The van der Waals surface area contributed by atoms with Gasteiger partial charge in [-0.2, -0.15) is 0 Å². The number of esters is 2. The normalized spacial score (nSPS) is 18.3. The van der Waals surface area contributed by atoms with E-state index in [-0.39, 0.29) is 43.5 Å². The maximum Gasteiger partial charge on any atom is 0.469 e. The van der Waals surface area contributed by atoms with Crippen LogP contribution in [0, 0.1) is 11.8 Å². The van der Waals surface area contributed by atoms with Crippen molar-refractivity contribution in [3.8, 4) is 0 Å². The molecule has 1 aliphatic carbocycles. The van der Waals surface area contributed by atoms with Gasteiger partial charge in [0.05, 0.1) is 18.8 Å². The number of hydrogen-bond acceptors (Lipinski definition) is 9. The highest BCUT2D eigenvalue weighted by molar-refractivity contribution is 7.46. The monoisotopic (exact) mass is 857 g/mol. The van der Waals surface area contributed by atoms with Gasteiger partial charge in [0.2, 0.25) is 0 Å². The van der Waals surface area contributed by atoms with Crippen molar-refractivity contribution in [2.24, 2.45) is 11.8 Å². The summed E-state index contributed by atoms with van der Waals surface area (Å²) in [6, 6.07) is 0. The van der Waals surface area contributed by atoms with E-state index in [1.165, 1.54) is 96.3 Å². The number of Topliss-reactive ketones (excluding diaryl/α,β-unsaturated/α-hetero) is 1. The van der Waals surface area contributed by atoms with Gasteiger partial charge in [-0.25, -0.2) is 4.57 Å². The molecule has 1 fully saturated rings. The summed E-state index contributed by atoms with van der Waals surface area (Å²) in [7, 11) is -4.82. The number of allylic oxidation sites excluding steroid dienone is 2. The van der Waals surface area contributed by atoms with E-state index in [1.54, 1.807) is 6.08 Å². The predicted molar refractivity (Wildman–Crippen MR) is 236 cm³/mol. The van der Waals surface area contributed by atoms with Gasteiger partial charge in [-0.15, -0.1) is 0 Å². The molecule has 1 aliphatic rings. The third-order valence-corrected chi connectivity index (χ3v) is 11.8. The molecule has 0 heterocycles. The lowest BCUT2D eigenvalue weighted by Gasteiger charge is -2.18. The minimum Gasteiger partial charge on any atom is -0.462 e. The third-order valence-electron chi connectivity index (χ3n) is 11.3. The van der Waals surface area contributed by atoms with E-state index in [4.69, 9.17) is 19.3 Å². The van der Waals surface area contributed by atoms with Crippen LogP contribution in [0.1, 0.15) is 213 Å². The zero-order valence-corrected chi connectivity index (χ0v) is 38.0. The number of phosphoric ester groups is 1. The van der Waals surface area contributed by atoms with Crippen molar-refractivity contribution in [3.63, 3.8) is 0 Å². The summed E-state index contributed by atoms with van der Waals surface area (Å²) in [5.41, 5.74) is 0. The van der Waals surface area contributed by atoms with Crippen LogP contribution in [0.3, 0.4) is 0 Å². The first kappa shape index (κ1) is 55.1. The van der Waals surface area contributed by atoms with Crippen molar-refractivity contribution in [2.45, 2.75) is 231 Å². The molecule has 0 aromatic heterocycles. The van der Waals surface area contributed by atoms with Crippen molar-refractivity contribution in [1.82, 2.24) is 0 Å². The van der Waals surface area contributed by atoms with Crippen LogP contribution in [-0.2, 0) is 32.9 Å². The Labute approximate surface area is 358 Å². The summed E-state index contributed by atoms with van der Waals surface area (Å²) < 4.78 is 26.5. The van der Waals surface area contributed by atoms with Crippen molar-refractivity contribution in [1.29, 1.82) is 0 Å². The van der Waals surface area contributed by atoms with E-state index >= 15 is 0 Å². The lowest BCUT2D eigenvalue weighted by atomic mass is 9.88. The van der Waals surface area contributed by atoms with Gasteiger partial charge in [0.25, 0.3) is 0 Å². The van der Waals surface area contributed by atoms with E-state index in [0.717, 1.165) is 57.8 Å². The molecule has 0 radical (unpaired) electrons. The van der Waals surface area contributed by atoms with Crippen molar-refractivity contribution in [2.75, 3.05) is 13.2 Å². The average molecular weight is 857 g/mol. The van der Waals surface area contributed by atoms with Gasteiger partial charge in [0, 0.05) is 31.1 Å². The lowest BCUT2D eigenvalue weighted by Crippen LogP contribution is -2.29. The van der Waals surface area contributed by atoms with Crippen LogP contribution < -0.4 is 0 Å². The second-order valence-electron chi connectivity index (χ2n) is 16.9. The van der Waals surface area contributed by atoms with Crippen molar-refractivity contribution >= 4 is 25.5 Å². The Balaban J connectivity index is 2.17. The predicted octanol–water partition coefficient (Wildman–Crippen LogP) is 11.3. The zero-order valence-electron chi connectivity index (χ0n) is 37.1. The van der Waals surface area contributed by atoms with Crippen LogP contribution in [0.4, 0.5) is 0 Å². The fraction of sp³-hybridized carbons (Fsp3) is 0.851. The fourth-order valence-electron chi connectivity index (χ4n) is 7.74. The molecule has 1 saturated carbocycles. The standard InChI is InChI=1S/C47H85O11P/c1-3-5-7-8-9-10-11-12-13-14-15-16-17-18-19-20-21-22-23-24-30-34-47(52)58-41(39-57-59(53,54)55)38-56-46(51)33-29-26-25-28-32-42-43(45(50)37-44(42)49)36-35-40(48)31-27-6-4-2/h12-13,35-36,40-43,45,48,50H,3-11,14-34,37-39H2,1-2H3,(H2,53,54,55)/b13-12-,36-35+/t40-,41+,42+,43+,45+/m0/s1. The Bertz CT molecular complexity index is 1170. The molecule has 0 spiro atoms. The average Bonchev–Trinajstić information content (AvgIpc) is 3.47. The Morgan fingerprint density at radius 1 is 0.695 bits per heavy atom. The van der Waals surface area contributed by atoms with Gasteiger partial charge in [0.15, 0.2) is 6.10 Å². The molecule has 0 bridgehead atoms. The molecule has 0 amide bonds. The van der Waals surface area contributed by atoms with Crippen LogP contribution in [0.5, 0.6) is 0 Å². The number of rotatable bonds is 40. The van der Waals surface area contributed by atoms with Gasteiger partial charge in [-0.1, -0.05) is 167 Å². The molecule has 12 heteroatoms.